The van der Waals surface area contributed by atoms with Crippen LogP contribution in [0.4, 0.5) is 4.79 Å². The fourth-order valence-electron chi connectivity index (χ4n) is 2.06. The van der Waals surface area contributed by atoms with Crippen molar-refractivity contribution in [1.82, 2.24) is 16.0 Å². The fraction of sp³-hybridized carbons (Fsp3) is 0.750. The minimum Gasteiger partial charge on any atom is -0.481 e. The molecule has 19 heavy (non-hydrogen) atoms. The number of aliphatic carboxylic acids is 1. The van der Waals surface area contributed by atoms with Gasteiger partial charge in [-0.05, 0) is 33.1 Å². The van der Waals surface area contributed by atoms with Crippen LogP contribution in [-0.2, 0) is 9.59 Å². The van der Waals surface area contributed by atoms with E-state index in [4.69, 9.17) is 5.11 Å². The second-order valence-corrected chi connectivity index (χ2v) is 5.23. The lowest BCUT2D eigenvalue weighted by Gasteiger charge is -2.41. The Labute approximate surface area is 112 Å². The Morgan fingerprint density at radius 2 is 1.89 bits per heavy atom. The van der Waals surface area contributed by atoms with Crippen LogP contribution < -0.4 is 16.0 Å². The summed E-state index contributed by atoms with van der Waals surface area (Å²) in [5.74, 6) is -1.21. The van der Waals surface area contributed by atoms with Crippen molar-refractivity contribution in [3.63, 3.8) is 0 Å². The van der Waals surface area contributed by atoms with Gasteiger partial charge in [0.1, 0.15) is 0 Å². The standard InChI is InChI=1S/C12H21N3O4/c1-8(2)14-9(16)7-13-11(19)15-12(4-3-5-12)6-10(17)18/h8H,3-7H2,1-2H3,(H,14,16)(H,17,18)(H2,13,15,19). The predicted molar refractivity (Wildman–Crippen MR) is 68.6 cm³/mol. The SMILES string of the molecule is CC(C)NC(=O)CNC(=O)NC1(CC(=O)O)CCC1. The zero-order chi connectivity index (χ0) is 14.5. The molecule has 108 valence electrons. The molecule has 4 N–H and O–H groups in total. The molecule has 0 atom stereocenters. The quantitative estimate of drug-likeness (QED) is 0.553. The second kappa shape index (κ2) is 6.40. The van der Waals surface area contributed by atoms with Gasteiger partial charge in [-0.2, -0.15) is 0 Å². The molecule has 0 aromatic carbocycles. The van der Waals surface area contributed by atoms with E-state index in [1.54, 1.807) is 0 Å². The van der Waals surface area contributed by atoms with Crippen LogP contribution in [0.3, 0.4) is 0 Å². The summed E-state index contributed by atoms with van der Waals surface area (Å²) >= 11 is 0. The first-order valence-corrected chi connectivity index (χ1v) is 6.40. The molecule has 0 heterocycles. The molecule has 0 aromatic rings. The number of hydrogen-bond acceptors (Lipinski definition) is 3. The summed E-state index contributed by atoms with van der Waals surface area (Å²) in [6, 6.07) is -0.484. The van der Waals surface area contributed by atoms with Gasteiger partial charge >= 0.3 is 12.0 Å². The van der Waals surface area contributed by atoms with Crippen molar-refractivity contribution in [1.29, 1.82) is 0 Å². The lowest BCUT2D eigenvalue weighted by atomic mass is 9.74. The van der Waals surface area contributed by atoms with Gasteiger partial charge in [0.2, 0.25) is 5.91 Å². The molecule has 1 saturated carbocycles. The zero-order valence-corrected chi connectivity index (χ0v) is 11.3. The van der Waals surface area contributed by atoms with Crippen molar-refractivity contribution in [2.45, 2.75) is 51.1 Å². The van der Waals surface area contributed by atoms with Crippen LogP contribution >= 0.6 is 0 Å². The molecule has 0 spiro atoms. The minimum absolute atomic E-state index is 0.0161. The van der Waals surface area contributed by atoms with Gasteiger partial charge in [0, 0.05) is 6.04 Å². The maximum Gasteiger partial charge on any atom is 0.315 e. The normalized spacial score (nSPS) is 16.4. The molecular formula is C12H21N3O4. The Morgan fingerprint density at radius 1 is 1.26 bits per heavy atom. The first-order chi connectivity index (χ1) is 8.83. The van der Waals surface area contributed by atoms with E-state index in [1.807, 2.05) is 13.8 Å². The second-order valence-electron chi connectivity index (χ2n) is 5.23. The van der Waals surface area contributed by atoms with Gasteiger partial charge in [0.05, 0.1) is 18.5 Å². The van der Waals surface area contributed by atoms with Gasteiger partial charge < -0.3 is 21.1 Å². The highest BCUT2D eigenvalue weighted by molar-refractivity contribution is 5.84. The van der Waals surface area contributed by atoms with Crippen molar-refractivity contribution >= 4 is 17.9 Å². The highest BCUT2D eigenvalue weighted by Gasteiger charge is 2.40. The molecule has 1 aliphatic rings. The molecule has 0 radical (unpaired) electrons. The van der Waals surface area contributed by atoms with Gasteiger partial charge in [-0.15, -0.1) is 0 Å². The Bertz CT molecular complexity index is 364. The van der Waals surface area contributed by atoms with Crippen molar-refractivity contribution in [3.8, 4) is 0 Å². The summed E-state index contributed by atoms with van der Waals surface area (Å²) < 4.78 is 0. The molecule has 0 saturated heterocycles. The van der Waals surface area contributed by atoms with Crippen LogP contribution in [0.5, 0.6) is 0 Å². The summed E-state index contributed by atoms with van der Waals surface area (Å²) in [5.41, 5.74) is -0.648. The number of carboxylic acid groups (broad SMARTS) is 1. The highest BCUT2D eigenvalue weighted by Crippen LogP contribution is 2.34. The van der Waals surface area contributed by atoms with E-state index in [-0.39, 0.29) is 24.9 Å². The average Bonchev–Trinajstić information content (AvgIpc) is 2.21. The predicted octanol–water partition coefficient (Wildman–Crippen LogP) is 0.208. The molecule has 1 rings (SSSR count). The lowest BCUT2D eigenvalue weighted by Crippen LogP contribution is -2.58. The van der Waals surface area contributed by atoms with Gasteiger partial charge in [-0.1, -0.05) is 0 Å². The topological polar surface area (TPSA) is 108 Å². The fourth-order valence-corrected chi connectivity index (χ4v) is 2.06. The molecule has 0 aliphatic heterocycles. The van der Waals surface area contributed by atoms with E-state index in [0.717, 1.165) is 6.42 Å². The van der Waals surface area contributed by atoms with Gasteiger partial charge in [0.15, 0.2) is 0 Å². The summed E-state index contributed by atoms with van der Waals surface area (Å²) in [6.45, 7) is 3.54. The van der Waals surface area contributed by atoms with E-state index in [9.17, 15) is 14.4 Å². The third kappa shape index (κ3) is 5.15. The van der Waals surface area contributed by atoms with E-state index in [1.165, 1.54) is 0 Å². The number of carboxylic acids is 1. The zero-order valence-electron chi connectivity index (χ0n) is 11.3. The first-order valence-electron chi connectivity index (χ1n) is 6.40. The number of hydrogen-bond donors (Lipinski definition) is 4. The van der Waals surface area contributed by atoms with Crippen molar-refractivity contribution in [2.24, 2.45) is 0 Å². The lowest BCUT2D eigenvalue weighted by molar-refractivity contribution is -0.139. The Morgan fingerprint density at radius 3 is 2.32 bits per heavy atom. The number of rotatable bonds is 6. The molecule has 7 nitrogen and oxygen atoms in total. The van der Waals surface area contributed by atoms with E-state index in [2.05, 4.69) is 16.0 Å². The Hall–Kier alpha value is -1.79. The summed E-state index contributed by atoms with van der Waals surface area (Å²) in [4.78, 5) is 33.7. The smallest absolute Gasteiger partial charge is 0.315 e. The molecule has 0 aromatic heterocycles. The Kier molecular flexibility index (Phi) is 5.14. The molecule has 0 unspecified atom stereocenters. The number of urea groups is 1. The third-order valence-electron chi connectivity index (χ3n) is 3.04. The van der Waals surface area contributed by atoms with Crippen LogP contribution in [0, 0.1) is 0 Å². The average molecular weight is 271 g/mol. The van der Waals surface area contributed by atoms with Crippen molar-refractivity contribution in [3.05, 3.63) is 0 Å². The van der Waals surface area contributed by atoms with Crippen LogP contribution in [0.15, 0.2) is 0 Å². The van der Waals surface area contributed by atoms with Crippen molar-refractivity contribution in [2.75, 3.05) is 6.54 Å². The summed E-state index contributed by atoms with van der Waals surface area (Å²) in [7, 11) is 0. The van der Waals surface area contributed by atoms with Crippen molar-refractivity contribution < 1.29 is 19.5 Å². The third-order valence-corrected chi connectivity index (χ3v) is 3.04. The summed E-state index contributed by atoms with van der Waals surface area (Å²) in [5, 5.41) is 16.5. The molecule has 1 fully saturated rings. The first kappa shape index (κ1) is 15.3. The van der Waals surface area contributed by atoms with Crippen LogP contribution in [-0.4, -0.2) is 41.1 Å². The van der Waals surface area contributed by atoms with Crippen LogP contribution in [0.25, 0.3) is 0 Å². The molecule has 0 bridgehead atoms. The largest absolute Gasteiger partial charge is 0.481 e. The Balaban J connectivity index is 2.34. The molecular weight excluding hydrogens is 250 g/mol. The van der Waals surface area contributed by atoms with Gasteiger partial charge in [0.25, 0.3) is 0 Å². The molecule has 1 aliphatic carbocycles. The maximum absolute atomic E-state index is 11.6. The monoisotopic (exact) mass is 271 g/mol. The van der Waals surface area contributed by atoms with Crippen LogP contribution in [0.1, 0.15) is 39.5 Å². The van der Waals surface area contributed by atoms with E-state index in [0.29, 0.717) is 12.8 Å². The van der Waals surface area contributed by atoms with Crippen LogP contribution in [0.2, 0.25) is 0 Å². The number of nitrogens with one attached hydrogen (secondary N) is 3. The van der Waals surface area contributed by atoms with E-state index >= 15 is 0 Å². The summed E-state index contributed by atoms with van der Waals surface area (Å²) in [6.07, 6.45) is 2.13. The highest BCUT2D eigenvalue weighted by atomic mass is 16.4. The number of amides is 3. The van der Waals surface area contributed by atoms with Gasteiger partial charge in [-0.25, -0.2) is 4.79 Å². The number of carbonyl (C=O) groups excluding carboxylic acids is 2. The van der Waals surface area contributed by atoms with E-state index < -0.39 is 17.5 Å². The van der Waals surface area contributed by atoms with Gasteiger partial charge in [-0.3, -0.25) is 9.59 Å². The molecule has 3 amide bonds. The molecule has 7 heteroatoms. The maximum atomic E-state index is 11.6. The number of carbonyl (C=O) groups is 3. The minimum atomic E-state index is -0.933.